The minimum atomic E-state index is 0.654. The van der Waals surface area contributed by atoms with Gasteiger partial charge >= 0.3 is 0 Å². The molecule has 1 atom stereocenters. The van der Waals surface area contributed by atoms with Gasteiger partial charge in [0.15, 0.2) is 5.96 Å². The molecule has 1 saturated heterocycles. The van der Waals surface area contributed by atoms with Crippen molar-refractivity contribution in [1.82, 2.24) is 10.2 Å². The molecule has 1 heterocycles. The Labute approximate surface area is 112 Å². The summed E-state index contributed by atoms with van der Waals surface area (Å²) in [6, 6.07) is 0. The van der Waals surface area contributed by atoms with Crippen LogP contribution in [0.3, 0.4) is 0 Å². The number of hydrogen-bond acceptors (Lipinski definition) is 2. The van der Waals surface area contributed by atoms with Gasteiger partial charge in [-0.2, -0.15) is 0 Å². The number of guanidine groups is 1. The molecule has 1 aliphatic rings. The van der Waals surface area contributed by atoms with Crippen molar-refractivity contribution in [3.63, 3.8) is 0 Å². The maximum Gasteiger partial charge on any atom is 0.193 e. The van der Waals surface area contributed by atoms with Crippen LogP contribution in [0.4, 0.5) is 0 Å². The minimum Gasteiger partial charge on any atom is -0.381 e. The first-order valence-corrected chi connectivity index (χ1v) is 7.20. The molecule has 0 aliphatic carbocycles. The Morgan fingerprint density at radius 2 is 2.17 bits per heavy atom. The van der Waals surface area contributed by atoms with Gasteiger partial charge in [-0.25, -0.2) is 0 Å². The second-order valence-electron chi connectivity index (χ2n) is 5.22. The van der Waals surface area contributed by atoms with E-state index < -0.39 is 0 Å². The van der Waals surface area contributed by atoms with Gasteiger partial charge in [0, 0.05) is 39.7 Å². The van der Waals surface area contributed by atoms with Gasteiger partial charge in [-0.3, -0.25) is 4.99 Å². The zero-order valence-electron chi connectivity index (χ0n) is 12.4. The van der Waals surface area contributed by atoms with E-state index in [4.69, 9.17) is 4.74 Å². The molecule has 4 nitrogen and oxygen atoms in total. The highest BCUT2D eigenvalue weighted by atomic mass is 16.5. The summed E-state index contributed by atoms with van der Waals surface area (Å²) in [5.74, 6) is 2.40. The minimum absolute atomic E-state index is 0.654. The van der Waals surface area contributed by atoms with Crippen molar-refractivity contribution in [1.29, 1.82) is 0 Å². The van der Waals surface area contributed by atoms with Crippen LogP contribution in [0.15, 0.2) is 4.99 Å². The zero-order chi connectivity index (χ0) is 13.4. The van der Waals surface area contributed by atoms with Gasteiger partial charge in [0.25, 0.3) is 0 Å². The summed E-state index contributed by atoms with van der Waals surface area (Å²) in [5.41, 5.74) is 0. The largest absolute Gasteiger partial charge is 0.381 e. The number of rotatable bonds is 6. The van der Waals surface area contributed by atoms with Crippen LogP contribution in [0.5, 0.6) is 0 Å². The van der Waals surface area contributed by atoms with Gasteiger partial charge in [0.1, 0.15) is 0 Å². The Hall–Kier alpha value is -0.770. The van der Waals surface area contributed by atoms with Crippen molar-refractivity contribution in [2.24, 2.45) is 16.8 Å². The van der Waals surface area contributed by atoms with E-state index in [1.165, 1.54) is 19.3 Å². The van der Waals surface area contributed by atoms with Gasteiger partial charge in [-0.1, -0.05) is 26.7 Å². The number of nitrogens with one attached hydrogen (secondary N) is 1. The number of hydrogen-bond donors (Lipinski definition) is 1. The van der Waals surface area contributed by atoms with Gasteiger partial charge < -0.3 is 15.0 Å². The van der Waals surface area contributed by atoms with E-state index in [-0.39, 0.29) is 0 Å². The average molecular weight is 255 g/mol. The lowest BCUT2D eigenvalue weighted by Gasteiger charge is -2.26. The van der Waals surface area contributed by atoms with E-state index in [0.717, 1.165) is 38.2 Å². The lowest BCUT2D eigenvalue weighted by Crippen LogP contribution is -2.43. The molecule has 18 heavy (non-hydrogen) atoms. The molecule has 106 valence electrons. The molecule has 0 aromatic heterocycles. The fraction of sp³-hybridized carbons (Fsp3) is 0.929. The van der Waals surface area contributed by atoms with Gasteiger partial charge in [0.2, 0.25) is 0 Å². The smallest absolute Gasteiger partial charge is 0.193 e. The normalized spacial score (nSPS) is 20.5. The molecular weight excluding hydrogens is 226 g/mol. The summed E-state index contributed by atoms with van der Waals surface area (Å²) in [5, 5.41) is 3.48. The molecule has 1 N–H and O–H groups in total. The Kier molecular flexibility index (Phi) is 7.09. The van der Waals surface area contributed by atoms with Crippen LogP contribution >= 0.6 is 0 Å². The Morgan fingerprint density at radius 1 is 1.44 bits per heavy atom. The van der Waals surface area contributed by atoms with E-state index in [1.54, 1.807) is 0 Å². The third-order valence-corrected chi connectivity index (χ3v) is 3.83. The van der Waals surface area contributed by atoms with Crippen molar-refractivity contribution >= 4 is 5.96 Å². The highest BCUT2D eigenvalue weighted by Crippen LogP contribution is 2.13. The summed E-state index contributed by atoms with van der Waals surface area (Å²) in [6.07, 6.45) is 3.62. The van der Waals surface area contributed by atoms with E-state index in [9.17, 15) is 0 Å². The first-order chi connectivity index (χ1) is 8.71. The Morgan fingerprint density at radius 3 is 2.67 bits per heavy atom. The maximum absolute atomic E-state index is 5.42. The van der Waals surface area contributed by atoms with E-state index in [2.05, 4.69) is 36.1 Å². The van der Waals surface area contributed by atoms with Crippen LogP contribution < -0.4 is 5.32 Å². The summed E-state index contributed by atoms with van der Waals surface area (Å²) in [6.45, 7) is 8.36. The van der Waals surface area contributed by atoms with Crippen LogP contribution in [0.25, 0.3) is 0 Å². The molecule has 4 heteroatoms. The molecular formula is C14H29N3O. The van der Waals surface area contributed by atoms with Gasteiger partial charge in [-0.15, -0.1) is 0 Å². The van der Waals surface area contributed by atoms with Crippen LogP contribution in [0, 0.1) is 11.8 Å². The molecule has 1 unspecified atom stereocenters. The third-order valence-electron chi connectivity index (χ3n) is 3.83. The fourth-order valence-corrected chi connectivity index (χ4v) is 2.40. The topological polar surface area (TPSA) is 36.9 Å². The molecule has 0 bridgehead atoms. The lowest BCUT2D eigenvalue weighted by atomic mass is 10.0. The molecule has 1 rings (SSSR count). The summed E-state index contributed by atoms with van der Waals surface area (Å²) >= 11 is 0. The highest BCUT2D eigenvalue weighted by molar-refractivity contribution is 5.79. The van der Waals surface area contributed by atoms with Crippen LogP contribution in [-0.4, -0.2) is 51.3 Å². The van der Waals surface area contributed by atoms with Crippen LogP contribution in [0.2, 0.25) is 0 Å². The molecule has 0 spiro atoms. The average Bonchev–Trinajstić information content (AvgIpc) is 2.87. The zero-order valence-corrected chi connectivity index (χ0v) is 12.4. The predicted octanol–water partition coefficient (Wildman–Crippen LogP) is 1.97. The molecule has 0 radical (unpaired) electrons. The maximum atomic E-state index is 5.42. The summed E-state index contributed by atoms with van der Waals surface area (Å²) in [7, 11) is 3.97. The quantitative estimate of drug-likeness (QED) is 0.582. The Bertz CT molecular complexity index is 245. The monoisotopic (exact) mass is 255 g/mol. The van der Waals surface area contributed by atoms with E-state index in [1.807, 2.05) is 7.05 Å². The van der Waals surface area contributed by atoms with E-state index in [0.29, 0.717) is 5.92 Å². The second-order valence-corrected chi connectivity index (χ2v) is 5.22. The van der Waals surface area contributed by atoms with Gasteiger partial charge in [-0.05, 0) is 12.3 Å². The first-order valence-electron chi connectivity index (χ1n) is 7.20. The van der Waals surface area contributed by atoms with Gasteiger partial charge in [0.05, 0.1) is 6.61 Å². The summed E-state index contributed by atoms with van der Waals surface area (Å²) in [4.78, 5) is 6.59. The van der Waals surface area contributed by atoms with Crippen LogP contribution in [0.1, 0.15) is 33.1 Å². The van der Waals surface area contributed by atoms with E-state index >= 15 is 0 Å². The molecule has 0 aromatic rings. The second kappa shape index (κ2) is 8.35. The van der Waals surface area contributed by atoms with Crippen molar-refractivity contribution in [2.75, 3.05) is 40.4 Å². The SMILES string of the molecule is CCC(CC)CNC(=NC)N(C)CC1CCOC1. The van der Waals surface area contributed by atoms with Crippen molar-refractivity contribution in [3.8, 4) is 0 Å². The number of ether oxygens (including phenoxy) is 1. The fourth-order valence-electron chi connectivity index (χ4n) is 2.40. The van der Waals surface area contributed by atoms with Crippen molar-refractivity contribution in [2.45, 2.75) is 33.1 Å². The van der Waals surface area contributed by atoms with Crippen molar-refractivity contribution in [3.05, 3.63) is 0 Å². The summed E-state index contributed by atoms with van der Waals surface area (Å²) < 4.78 is 5.42. The van der Waals surface area contributed by atoms with Crippen LogP contribution in [-0.2, 0) is 4.74 Å². The first kappa shape index (κ1) is 15.3. The standard InChI is InChI=1S/C14H29N3O/c1-5-12(6-2)9-16-14(15-3)17(4)10-13-7-8-18-11-13/h12-13H,5-11H2,1-4H3,(H,15,16). The number of aliphatic imine (C=N–C) groups is 1. The third kappa shape index (κ3) is 4.84. The van der Waals surface area contributed by atoms with Crippen molar-refractivity contribution < 1.29 is 4.74 Å². The number of nitrogens with zero attached hydrogens (tertiary/aromatic N) is 2. The lowest BCUT2D eigenvalue weighted by molar-refractivity contribution is 0.181. The highest BCUT2D eigenvalue weighted by Gasteiger charge is 2.19. The predicted molar refractivity (Wildman–Crippen MR) is 77.0 cm³/mol. The molecule has 0 saturated carbocycles. The molecule has 0 aromatic carbocycles. The molecule has 1 aliphatic heterocycles. The Balaban J connectivity index is 2.34. The molecule has 1 fully saturated rings. The molecule has 0 amide bonds.